The van der Waals surface area contributed by atoms with Gasteiger partial charge in [-0.15, -0.1) is 0 Å². The van der Waals surface area contributed by atoms with Crippen LogP contribution in [0.5, 0.6) is 0 Å². The van der Waals surface area contributed by atoms with E-state index in [0.29, 0.717) is 21.8 Å². The maximum atomic E-state index is 11.8. The smallest absolute Gasteiger partial charge is 0.338 e. The number of nitrogens with zero attached hydrogens (tertiary/aromatic N) is 1. The molecule has 116 valence electrons. The summed E-state index contributed by atoms with van der Waals surface area (Å²) in [5.41, 5.74) is 1.00. The van der Waals surface area contributed by atoms with Gasteiger partial charge >= 0.3 is 5.97 Å². The number of hydrogen-bond donors (Lipinski definition) is 1. The molecule has 0 saturated carbocycles. The van der Waals surface area contributed by atoms with Gasteiger partial charge in [0.25, 0.3) is 5.91 Å². The average molecular weight is 349 g/mol. The Hall–Kier alpha value is -2.55. The van der Waals surface area contributed by atoms with Crippen molar-refractivity contribution < 1.29 is 14.3 Å². The van der Waals surface area contributed by atoms with Crippen LogP contribution in [-0.2, 0) is 9.53 Å². The van der Waals surface area contributed by atoms with E-state index in [-0.39, 0.29) is 5.02 Å². The van der Waals surface area contributed by atoms with Crippen LogP contribution in [0.3, 0.4) is 0 Å². The molecule has 0 aliphatic heterocycles. The van der Waals surface area contributed by atoms with Gasteiger partial charge in [0.2, 0.25) is 0 Å². The highest BCUT2D eigenvalue weighted by Gasteiger charge is 2.11. The molecule has 0 bridgehead atoms. The van der Waals surface area contributed by atoms with Crippen molar-refractivity contribution in [2.45, 2.75) is 0 Å². The number of nitrogens with one attached hydrogen (secondary N) is 1. The van der Waals surface area contributed by atoms with Crippen LogP contribution in [0.25, 0.3) is 0 Å². The third-order valence-electron chi connectivity index (χ3n) is 2.79. The highest BCUT2D eigenvalue weighted by Crippen LogP contribution is 2.20. The number of hydrogen-bond acceptors (Lipinski definition) is 4. The Morgan fingerprint density at radius 2 is 1.83 bits per heavy atom. The number of benzene rings is 2. The van der Waals surface area contributed by atoms with Crippen molar-refractivity contribution in [3.8, 4) is 6.07 Å². The minimum Gasteiger partial charge on any atom is -0.452 e. The summed E-state index contributed by atoms with van der Waals surface area (Å²) < 4.78 is 4.90. The zero-order valence-electron chi connectivity index (χ0n) is 11.7. The second-order valence-electron chi connectivity index (χ2n) is 4.44. The fourth-order valence-corrected chi connectivity index (χ4v) is 2.03. The van der Waals surface area contributed by atoms with Gasteiger partial charge in [-0.25, -0.2) is 4.79 Å². The molecule has 2 rings (SSSR count). The van der Waals surface area contributed by atoms with Crippen LogP contribution in [0.2, 0.25) is 10.0 Å². The molecule has 7 heteroatoms. The standard InChI is InChI=1S/C16H10Cl2N2O3/c17-12-4-1-10(2-5-12)16(22)23-9-15(21)20-13-6-3-11(8-19)14(18)7-13/h1-7H,9H2,(H,20,21). The summed E-state index contributed by atoms with van der Waals surface area (Å²) in [6, 6.07) is 12.5. The van der Waals surface area contributed by atoms with E-state index >= 15 is 0 Å². The van der Waals surface area contributed by atoms with Crippen molar-refractivity contribution in [2.24, 2.45) is 0 Å². The number of halogens is 2. The molecule has 0 aromatic heterocycles. The molecule has 0 spiro atoms. The van der Waals surface area contributed by atoms with Gasteiger partial charge in [-0.3, -0.25) is 4.79 Å². The summed E-state index contributed by atoms with van der Waals surface area (Å²) in [5, 5.41) is 12.0. The lowest BCUT2D eigenvalue weighted by Gasteiger charge is -2.07. The summed E-state index contributed by atoms with van der Waals surface area (Å²) in [7, 11) is 0. The molecule has 0 fully saturated rings. The number of amides is 1. The Labute approximate surface area is 142 Å². The number of anilines is 1. The maximum absolute atomic E-state index is 11.8. The van der Waals surface area contributed by atoms with Crippen molar-refractivity contribution in [1.29, 1.82) is 5.26 Å². The Kier molecular flexibility index (Phi) is 5.58. The first-order valence-corrected chi connectivity index (χ1v) is 7.17. The van der Waals surface area contributed by atoms with E-state index in [1.165, 1.54) is 30.3 Å². The fourth-order valence-electron chi connectivity index (χ4n) is 1.68. The van der Waals surface area contributed by atoms with Crippen LogP contribution in [-0.4, -0.2) is 18.5 Å². The normalized spacial score (nSPS) is 9.78. The van der Waals surface area contributed by atoms with E-state index in [0.717, 1.165) is 0 Å². The molecule has 0 saturated heterocycles. The Morgan fingerprint density at radius 1 is 1.13 bits per heavy atom. The average Bonchev–Trinajstić information content (AvgIpc) is 2.53. The van der Waals surface area contributed by atoms with E-state index in [1.54, 1.807) is 12.1 Å². The van der Waals surface area contributed by atoms with Crippen LogP contribution in [0.4, 0.5) is 5.69 Å². The summed E-state index contributed by atoms with van der Waals surface area (Å²) in [4.78, 5) is 23.5. The topological polar surface area (TPSA) is 79.2 Å². The van der Waals surface area contributed by atoms with Crippen molar-refractivity contribution in [2.75, 3.05) is 11.9 Å². The number of nitriles is 1. The highest BCUT2D eigenvalue weighted by molar-refractivity contribution is 6.32. The number of carbonyl (C=O) groups is 2. The van der Waals surface area contributed by atoms with Crippen LogP contribution in [0.1, 0.15) is 15.9 Å². The second kappa shape index (κ2) is 7.63. The lowest BCUT2D eigenvalue weighted by molar-refractivity contribution is -0.119. The molecule has 0 aliphatic rings. The first-order chi connectivity index (χ1) is 11.0. The predicted octanol–water partition coefficient (Wildman–Crippen LogP) is 3.66. The van der Waals surface area contributed by atoms with Gasteiger partial charge in [-0.2, -0.15) is 5.26 Å². The minimum atomic E-state index is -0.630. The Morgan fingerprint density at radius 3 is 2.43 bits per heavy atom. The van der Waals surface area contributed by atoms with Gasteiger partial charge in [0, 0.05) is 10.7 Å². The van der Waals surface area contributed by atoms with Gasteiger partial charge in [0.05, 0.1) is 16.1 Å². The summed E-state index contributed by atoms with van der Waals surface area (Å²) in [6.07, 6.45) is 0. The van der Waals surface area contributed by atoms with Crippen molar-refractivity contribution in [3.05, 3.63) is 63.6 Å². The largest absolute Gasteiger partial charge is 0.452 e. The number of carbonyl (C=O) groups excluding carboxylic acids is 2. The Bertz CT molecular complexity index is 783. The van der Waals surface area contributed by atoms with Gasteiger partial charge in [-0.1, -0.05) is 23.2 Å². The first-order valence-electron chi connectivity index (χ1n) is 6.42. The fraction of sp³-hybridized carbons (Fsp3) is 0.0625. The minimum absolute atomic E-state index is 0.225. The molecule has 0 aliphatic carbocycles. The molecule has 2 aromatic rings. The van der Waals surface area contributed by atoms with Crippen LogP contribution < -0.4 is 5.32 Å². The molecule has 0 atom stereocenters. The highest BCUT2D eigenvalue weighted by atomic mass is 35.5. The van der Waals surface area contributed by atoms with Crippen molar-refractivity contribution in [1.82, 2.24) is 0 Å². The lowest BCUT2D eigenvalue weighted by Crippen LogP contribution is -2.20. The third kappa shape index (κ3) is 4.71. The molecule has 1 N–H and O–H groups in total. The van der Waals surface area contributed by atoms with Gasteiger partial charge in [0.15, 0.2) is 6.61 Å². The van der Waals surface area contributed by atoms with E-state index in [4.69, 9.17) is 33.2 Å². The van der Waals surface area contributed by atoms with E-state index < -0.39 is 18.5 Å². The van der Waals surface area contributed by atoms with Crippen molar-refractivity contribution in [3.63, 3.8) is 0 Å². The molecule has 1 amide bonds. The first kappa shape index (κ1) is 16.8. The summed E-state index contributed by atoms with van der Waals surface area (Å²) in [5.74, 6) is -1.15. The monoisotopic (exact) mass is 348 g/mol. The Balaban J connectivity index is 1.90. The van der Waals surface area contributed by atoms with Gasteiger partial charge in [-0.05, 0) is 42.5 Å². The number of esters is 1. The molecule has 0 radical (unpaired) electrons. The van der Waals surface area contributed by atoms with E-state index in [9.17, 15) is 9.59 Å². The van der Waals surface area contributed by atoms with Crippen LogP contribution in [0, 0.1) is 11.3 Å². The lowest BCUT2D eigenvalue weighted by atomic mass is 10.2. The van der Waals surface area contributed by atoms with Crippen molar-refractivity contribution >= 4 is 40.8 Å². The van der Waals surface area contributed by atoms with E-state index in [2.05, 4.69) is 5.32 Å². The van der Waals surface area contributed by atoms with Gasteiger partial charge in [0.1, 0.15) is 6.07 Å². The quantitative estimate of drug-likeness (QED) is 0.855. The molecular formula is C16H10Cl2N2O3. The zero-order chi connectivity index (χ0) is 16.8. The molecule has 2 aromatic carbocycles. The number of rotatable bonds is 4. The second-order valence-corrected chi connectivity index (χ2v) is 5.28. The SMILES string of the molecule is N#Cc1ccc(NC(=O)COC(=O)c2ccc(Cl)cc2)cc1Cl. The third-order valence-corrected chi connectivity index (χ3v) is 3.35. The van der Waals surface area contributed by atoms with Gasteiger partial charge < -0.3 is 10.1 Å². The zero-order valence-corrected chi connectivity index (χ0v) is 13.2. The summed E-state index contributed by atoms with van der Waals surface area (Å²) in [6.45, 7) is -0.445. The molecule has 0 heterocycles. The van der Waals surface area contributed by atoms with Crippen LogP contribution >= 0.6 is 23.2 Å². The molecule has 23 heavy (non-hydrogen) atoms. The van der Waals surface area contributed by atoms with Crippen LogP contribution in [0.15, 0.2) is 42.5 Å². The van der Waals surface area contributed by atoms with E-state index in [1.807, 2.05) is 6.07 Å². The predicted molar refractivity (Wildman–Crippen MR) is 86.5 cm³/mol. The number of ether oxygens (including phenoxy) is 1. The molecular weight excluding hydrogens is 339 g/mol. The molecule has 0 unspecified atom stereocenters. The molecule has 5 nitrogen and oxygen atoms in total. The summed E-state index contributed by atoms with van der Waals surface area (Å²) >= 11 is 11.6. The maximum Gasteiger partial charge on any atom is 0.338 e.